The SMILES string of the molecule is c1cc(-c2ccc3c4ccccc4c4ccccc4c3c2)cc(-c2cccc(-c3ccc4ccc5cccnc5c4n3)n2)c1. The summed E-state index contributed by atoms with van der Waals surface area (Å²) in [6.07, 6.45) is 1.82. The molecule has 3 aromatic heterocycles. The Hall–Kier alpha value is -5.93. The van der Waals surface area contributed by atoms with Crippen LogP contribution in [0, 0.1) is 0 Å². The van der Waals surface area contributed by atoms with Crippen molar-refractivity contribution in [3.05, 3.63) is 152 Å². The number of fused-ring (bicyclic) bond motifs is 9. The third-order valence-electron chi connectivity index (χ3n) is 8.68. The number of benzene rings is 6. The summed E-state index contributed by atoms with van der Waals surface area (Å²) in [6, 6.07) is 51.5. The Labute approximate surface area is 254 Å². The van der Waals surface area contributed by atoms with E-state index in [-0.39, 0.29) is 0 Å². The van der Waals surface area contributed by atoms with Crippen LogP contribution in [0.3, 0.4) is 0 Å². The van der Waals surface area contributed by atoms with Gasteiger partial charge in [-0.25, -0.2) is 9.97 Å². The summed E-state index contributed by atoms with van der Waals surface area (Å²) >= 11 is 0. The van der Waals surface area contributed by atoms with Crippen LogP contribution in [-0.4, -0.2) is 15.0 Å². The van der Waals surface area contributed by atoms with E-state index < -0.39 is 0 Å². The average Bonchev–Trinajstić information content (AvgIpc) is 3.11. The van der Waals surface area contributed by atoms with Gasteiger partial charge < -0.3 is 0 Å². The zero-order valence-electron chi connectivity index (χ0n) is 23.8. The number of nitrogens with zero attached hydrogens (tertiary/aromatic N) is 3. The maximum Gasteiger partial charge on any atom is 0.0972 e. The van der Waals surface area contributed by atoms with E-state index in [1.165, 1.54) is 37.9 Å². The molecule has 3 nitrogen and oxygen atoms in total. The summed E-state index contributed by atoms with van der Waals surface area (Å²) in [6.45, 7) is 0. The van der Waals surface area contributed by atoms with Gasteiger partial charge >= 0.3 is 0 Å². The predicted octanol–water partition coefficient (Wildman–Crippen LogP) is 10.6. The molecule has 9 rings (SSSR count). The maximum absolute atomic E-state index is 5.08. The van der Waals surface area contributed by atoms with Gasteiger partial charge in [0.1, 0.15) is 0 Å². The van der Waals surface area contributed by atoms with Crippen LogP contribution in [0.1, 0.15) is 0 Å². The first kappa shape index (κ1) is 24.6. The summed E-state index contributed by atoms with van der Waals surface area (Å²) in [7, 11) is 0. The van der Waals surface area contributed by atoms with Gasteiger partial charge in [0, 0.05) is 22.5 Å². The number of pyridine rings is 3. The lowest BCUT2D eigenvalue weighted by molar-refractivity contribution is 1.27. The molecule has 0 aliphatic carbocycles. The summed E-state index contributed by atoms with van der Waals surface area (Å²) in [5.74, 6) is 0. The minimum absolute atomic E-state index is 0.835. The van der Waals surface area contributed by atoms with Crippen molar-refractivity contribution in [3.63, 3.8) is 0 Å². The fourth-order valence-electron chi connectivity index (χ4n) is 6.55. The standard InChI is InChI=1S/C41H25N3/c1-2-13-33-31(11-1)32-12-3-4-14-34(32)36-25-29(19-21-35(33)36)28-8-5-9-30(24-28)37-15-6-16-38(43-37)39-22-20-27-18-17-26-10-7-23-42-40(26)41(27)44-39/h1-25H. The summed E-state index contributed by atoms with van der Waals surface area (Å²) in [5.41, 5.74) is 7.81. The molecule has 0 fully saturated rings. The Morgan fingerprint density at radius 2 is 0.909 bits per heavy atom. The fourth-order valence-corrected chi connectivity index (χ4v) is 6.55. The third kappa shape index (κ3) is 3.94. The van der Waals surface area contributed by atoms with Gasteiger partial charge in [-0.1, -0.05) is 109 Å². The molecule has 0 amide bonds. The first-order chi connectivity index (χ1) is 21.8. The fraction of sp³-hybridized carbons (Fsp3) is 0. The normalized spacial score (nSPS) is 11.6. The first-order valence-electron chi connectivity index (χ1n) is 14.9. The molecule has 44 heavy (non-hydrogen) atoms. The molecule has 0 saturated carbocycles. The second-order valence-corrected chi connectivity index (χ2v) is 11.2. The van der Waals surface area contributed by atoms with Crippen LogP contribution < -0.4 is 0 Å². The van der Waals surface area contributed by atoms with E-state index in [2.05, 4.69) is 132 Å². The van der Waals surface area contributed by atoms with Gasteiger partial charge in [0.15, 0.2) is 0 Å². The van der Waals surface area contributed by atoms with Crippen molar-refractivity contribution in [3.8, 4) is 33.8 Å². The second-order valence-electron chi connectivity index (χ2n) is 11.2. The lowest BCUT2D eigenvalue weighted by Crippen LogP contribution is -1.92. The van der Waals surface area contributed by atoms with Crippen LogP contribution in [0.4, 0.5) is 0 Å². The minimum Gasteiger partial charge on any atom is -0.254 e. The van der Waals surface area contributed by atoms with Gasteiger partial charge in [-0.3, -0.25) is 4.98 Å². The maximum atomic E-state index is 5.08. The molecule has 0 unspecified atom stereocenters. The van der Waals surface area contributed by atoms with Crippen LogP contribution in [-0.2, 0) is 0 Å². The Morgan fingerprint density at radius 3 is 1.70 bits per heavy atom. The smallest absolute Gasteiger partial charge is 0.0972 e. The molecule has 0 saturated heterocycles. The van der Waals surface area contributed by atoms with E-state index in [1.807, 2.05) is 24.4 Å². The van der Waals surface area contributed by atoms with Crippen molar-refractivity contribution in [1.29, 1.82) is 0 Å². The molecule has 0 spiro atoms. The number of rotatable bonds is 3. The third-order valence-corrected chi connectivity index (χ3v) is 8.68. The van der Waals surface area contributed by atoms with E-state index in [9.17, 15) is 0 Å². The number of aromatic nitrogens is 3. The molecule has 204 valence electrons. The topological polar surface area (TPSA) is 38.7 Å². The van der Waals surface area contributed by atoms with Crippen molar-refractivity contribution in [2.75, 3.05) is 0 Å². The Morgan fingerprint density at radius 1 is 0.318 bits per heavy atom. The van der Waals surface area contributed by atoms with E-state index in [1.54, 1.807) is 0 Å². The Balaban J connectivity index is 1.14. The molecule has 3 heteroatoms. The molecular weight excluding hydrogens is 534 g/mol. The van der Waals surface area contributed by atoms with Gasteiger partial charge in [-0.05, 0) is 79.8 Å². The molecule has 3 heterocycles. The first-order valence-corrected chi connectivity index (χ1v) is 14.9. The summed E-state index contributed by atoms with van der Waals surface area (Å²) in [4.78, 5) is 14.7. The van der Waals surface area contributed by atoms with Gasteiger partial charge in [0.25, 0.3) is 0 Å². The molecule has 9 aromatic rings. The highest BCUT2D eigenvalue weighted by Crippen LogP contribution is 2.37. The quantitative estimate of drug-likeness (QED) is 0.202. The van der Waals surface area contributed by atoms with Crippen molar-refractivity contribution in [2.24, 2.45) is 0 Å². The molecule has 0 bridgehead atoms. The van der Waals surface area contributed by atoms with Crippen molar-refractivity contribution >= 4 is 54.1 Å². The summed E-state index contributed by atoms with van der Waals surface area (Å²) < 4.78 is 0. The Bertz CT molecular complexity index is 2530. The van der Waals surface area contributed by atoms with Crippen molar-refractivity contribution in [1.82, 2.24) is 15.0 Å². The van der Waals surface area contributed by atoms with E-state index in [0.717, 1.165) is 50.0 Å². The largest absolute Gasteiger partial charge is 0.254 e. The molecular formula is C41H25N3. The zero-order valence-corrected chi connectivity index (χ0v) is 23.8. The van der Waals surface area contributed by atoms with Gasteiger partial charge in [-0.15, -0.1) is 0 Å². The monoisotopic (exact) mass is 559 g/mol. The van der Waals surface area contributed by atoms with Crippen LogP contribution >= 0.6 is 0 Å². The van der Waals surface area contributed by atoms with E-state index in [0.29, 0.717) is 0 Å². The molecule has 0 aliphatic heterocycles. The highest BCUT2D eigenvalue weighted by molar-refractivity contribution is 6.25. The van der Waals surface area contributed by atoms with Crippen LogP contribution in [0.15, 0.2) is 152 Å². The van der Waals surface area contributed by atoms with Crippen LogP contribution in [0.5, 0.6) is 0 Å². The van der Waals surface area contributed by atoms with Crippen LogP contribution in [0.25, 0.3) is 87.9 Å². The molecule has 6 aromatic carbocycles. The number of hydrogen-bond donors (Lipinski definition) is 0. The lowest BCUT2D eigenvalue weighted by Gasteiger charge is -2.12. The van der Waals surface area contributed by atoms with Gasteiger partial charge in [-0.2, -0.15) is 0 Å². The molecule has 0 aliphatic rings. The Kier molecular flexibility index (Phi) is 5.50. The molecule has 0 radical (unpaired) electrons. The lowest BCUT2D eigenvalue weighted by atomic mass is 9.92. The minimum atomic E-state index is 0.835. The average molecular weight is 560 g/mol. The highest BCUT2D eigenvalue weighted by atomic mass is 14.8. The summed E-state index contributed by atoms with van der Waals surface area (Å²) in [5, 5.41) is 9.84. The van der Waals surface area contributed by atoms with Crippen LogP contribution in [0.2, 0.25) is 0 Å². The highest BCUT2D eigenvalue weighted by Gasteiger charge is 2.12. The number of hydrogen-bond acceptors (Lipinski definition) is 3. The second kappa shape index (κ2) is 9.82. The molecule has 0 N–H and O–H groups in total. The molecule has 0 atom stereocenters. The van der Waals surface area contributed by atoms with Gasteiger partial charge in [0.05, 0.1) is 28.1 Å². The van der Waals surface area contributed by atoms with Crippen molar-refractivity contribution in [2.45, 2.75) is 0 Å². The van der Waals surface area contributed by atoms with E-state index in [4.69, 9.17) is 9.97 Å². The zero-order chi connectivity index (χ0) is 29.0. The predicted molar refractivity (Wildman–Crippen MR) is 184 cm³/mol. The van der Waals surface area contributed by atoms with E-state index >= 15 is 0 Å². The van der Waals surface area contributed by atoms with Gasteiger partial charge in [0.2, 0.25) is 0 Å². The van der Waals surface area contributed by atoms with Crippen molar-refractivity contribution < 1.29 is 0 Å².